The molecule has 0 saturated carbocycles. The van der Waals surface area contributed by atoms with Crippen LogP contribution in [0.1, 0.15) is 16.4 Å². The molecule has 1 aliphatic rings. The van der Waals surface area contributed by atoms with Crippen LogP contribution in [-0.4, -0.2) is 41.4 Å². The van der Waals surface area contributed by atoms with Gasteiger partial charge in [0.2, 0.25) is 0 Å². The van der Waals surface area contributed by atoms with Gasteiger partial charge in [-0.1, -0.05) is 23.7 Å². The van der Waals surface area contributed by atoms with Crippen LogP contribution in [0.5, 0.6) is 0 Å². The van der Waals surface area contributed by atoms with Crippen LogP contribution in [0.25, 0.3) is 0 Å². The fourth-order valence-electron chi connectivity index (χ4n) is 3.55. The highest BCUT2D eigenvalue weighted by molar-refractivity contribution is 7.89. The molecule has 0 bridgehead atoms. The fraction of sp³-hybridized carbons (Fsp3) is 0.316. The van der Waals surface area contributed by atoms with Gasteiger partial charge in [0.1, 0.15) is 5.82 Å². The minimum atomic E-state index is -3.71. The summed E-state index contributed by atoms with van der Waals surface area (Å²) in [6.07, 6.45) is 2.97. The first kappa shape index (κ1) is 20.5. The minimum absolute atomic E-state index is 0.0311. The van der Waals surface area contributed by atoms with Gasteiger partial charge in [0.15, 0.2) is 5.03 Å². The quantitative estimate of drug-likeness (QED) is 0.621. The first-order chi connectivity index (χ1) is 13.8. The van der Waals surface area contributed by atoms with Gasteiger partial charge in [-0.2, -0.15) is 4.31 Å². The summed E-state index contributed by atoms with van der Waals surface area (Å²) in [5.74, 6) is -0.424. The molecule has 1 aromatic carbocycles. The van der Waals surface area contributed by atoms with Crippen LogP contribution in [0.3, 0.4) is 0 Å². The number of sulfonamides is 1. The zero-order valence-corrected chi connectivity index (χ0v) is 18.0. The van der Waals surface area contributed by atoms with Crippen molar-refractivity contribution in [1.29, 1.82) is 0 Å². The van der Waals surface area contributed by atoms with Crippen LogP contribution in [0, 0.1) is 5.82 Å². The average molecular weight is 455 g/mol. The molecule has 2 unspecified atom stereocenters. The number of rotatable bonds is 6. The van der Waals surface area contributed by atoms with E-state index in [1.807, 2.05) is 12.1 Å². The van der Waals surface area contributed by atoms with E-state index in [2.05, 4.69) is 10.3 Å². The van der Waals surface area contributed by atoms with E-state index in [-0.39, 0.29) is 22.8 Å². The first-order valence-corrected chi connectivity index (χ1v) is 11.7. The number of aromatic nitrogens is 2. The van der Waals surface area contributed by atoms with Crippen LogP contribution in [0.2, 0.25) is 4.34 Å². The van der Waals surface area contributed by atoms with E-state index in [0.717, 1.165) is 10.4 Å². The Bertz CT molecular complexity index is 1100. The second-order valence-corrected chi connectivity index (χ2v) is 10.7. The Kier molecular flexibility index (Phi) is 5.76. The highest BCUT2D eigenvalue weighted by Gasteiger charge is 2.40. The van der Waals surface area contributed by atoms with E-state index in [1.54, 1.807) is 23.7 Å². The number of halogens is 2. The Labute approximate surface area is 178 Å². The van der Waals surface area contributed by atoms with Crippen molar-refractivity contribution < 1.29 is 12.8 Å². The lowest BCUT2D eigenvalue weighted by molar-refractivity contribution is 0.454. The summed E-state index contributed by atoms with van der Waals surface area (Å²) in [5, 5.41) is 3.49. The number of aryl methyl sites for hydroxylation is 1. The van der Waals surface area contributed by atoms with Crippen molar-refractivity contribution in [2.24, 2.45) is 7.05 Å². The third-order valence-corrected chi connectivity index (χ3v) is 7.99. The van der Waals surface area contributed by atoms with Crippen molar-refractivity contribution in [1.82, 2.24) is 19.2 Å². The molecule has 6 nitrogen and oxygen atoms in total. The van der Waals surface area contributed by atoms with Crippen LogP contribution >= 0.6 is 22.9 Å². The largest absolute Gasteiger partial charge is 0.339 e. The normalized spacial score (nSPS) is 20.4. The number of imidazole rings is 1. The smallest absolute Gasteiger partial charge is 0.262 e. The van der Waals surface area contributed by atoms with Crippen molar-refractivity contribution in [3.05, 3.63) is 69.5 Å². The van der Waals surface area contributed by atoms with Crippen molar-refractivity contribution in [3.63, 3.8) is 0 Å². The number of benzene rings is 1. The Morgan fingerprint density at radius 2 is 2.00 bits per heavy atom. The maximum Gasteiger partial charge on any atom is 0.262 e. The highest BCUT2D eigenvalue weighted by atomic mass is 35.5. The van der Waals surface area contributed by atoms with E-state index in [0.29, 0.717) is 24.0 Å². The Morgan fingerprint density at radius 3 is 2.62 bits per heavy atom. The summed E-state index contributed by atoms with van der Waals surface area (Å²) in [4.78, 5) is 5.08. The predicted molar refractivity (Wildman–Crippen MR) is 111 cm³/mol. The molecule has 0 spiro atoms. The van der Waals surface area contributed by atoms with Gasteiger partial charge in [-0.15, -0.1) is 11.3 Å². The number of nitrogens with one attached hydrogen (secondary N) is 1. The standard InChI is InChI=1S/C19H20ClFN4O2S2/c1-24-11-19(23-12-24)29(26,27)25-9-16(13-2-4-14(21)5-3-13)17(10-25)22-8-15-6-7-18(20)28-15/h2-7,11-12,16-17,22H,8-10H2,1H3. The predicted octanol–water partition coefficient (Wildman–Crippen LogP) is 3.22. The van der Waals surface area contributed by atoms with Gasteiger partial charge >= 0.3 is 0 Å². The van der Waals surface area contributed by atoms with Gasteiger partial charge in [0, 0.05) is 49.7 Å². The van der Waals surface area contributed by atoms with Crippen LogP contribution in [-0.2, 0) is 23.6 Å². The molecule has 0 radical (unpaired) electrons. The summed E-state index contributed by atoms with van der Waals surface area (Å²) in [5.41, 5.74) is 0.895. The summed E-state index contributed by atoms with van der Waals surface area (Å²) in [7, 11) is -1.98. The first-order valence-electron chi connectivity index (χ1n) is 9.04. The van der Waals surface area contributed by atoms with Crippen molar-refractivity contribution in [2.75, 3.05) is 13.1 Å². The molecule has 0 amide bonds. The molecule has 1 N–H and O–H groups in total. The number of nitrogens with zero attached hydrogens (tertiary/aromatic N) is 3. The lowest BCUT2D eigenvalue weighted by Crippen LogP contribution is -2.36. The van der Waals surface area contributed by atoms with E-state index in [9.17, 15) is 12.8 Å². The van der Waals surface area contributed by atoms with Gasteiger partial charge in [-0.05, 0) is 29.8 Å². The van der Waals surface area contributed by atoms with E-state index < -0.39 is 10.0 Å². The third-order valence-electron chi connectivity index (χ3n) is 5.04. The summed E-state index contributed by atoms with van der Waals surface area (Å²) in [6.45, 7) is 1.19. The molecule has 2 aromatic heterocycles. The van der Waals surface area contributed by atoms with Gasteiger partial charge in [-0.25, -0.2) is 17.8 Å². The second-order valence-electron chi connectivity index (χ2n) is 7.05. The molecular formula is C19H20ClFN4O2S2. The average Bonchev–Trinajstić information content (AvgIpc) is 3.41. The van der Waals surface area contributed by atoms with Crippen LogP contribution in [0.15, 0.2) is 53.9 Å². The second kappa shape index (κ2) is 8.16. The molecule has 3 heterocycles. The summed E-state index contributed by atoms with van der Waals surface area (Å²) < 4.78 is 43.3. The Balaban J connectivity index is 1.58. The van der Waals surface area contributed by atoms with Crippen LogP contribution in [0.4, 0.5) is 4.39 Å². The van der Waals surface area contributed by atoms with Gasteiger partial charge in [0.25, 0.3) is 10.0 Å². The number of hydrogen-bond donors (Lipinski definition) is 1. The van der Waals surface area contributed by atoms with E-state index in [1.165, 1.54) is 40.3 Å². The monoisotopic (exact) mass is 454 g/mol. The maximum absolute atomic E-state index is 13.4. The molecule has 10 heteroatoms. The van der Waals surface area contributed by atoms with Gasteiger partial charge in [0.05, 0.1) is 10.7 Å². The molecule has 1 saturated heterocycles. The molecule has 3 aromatic rings. The SMILES string of the molecule is Cn1cnc(S(=O)(=O)N2CC(NCc3ccc(Cl)s3)C(c3ccc(F)cc3)C2)c1. The van der Waals surface area contributed by atoms with Crippen molar-refractivity contribution in [2.45, 2.75) is 23.5 Å². The van der Waals surface area contributed by atoms with Gasteiger partial charge < -0.3 is 9.88 Å². The molecular weight excluding hydrogens is 435 g/mol. The van der Waals surface area contributed by atoms with E-state index >= 15 is 0 Å². The molecule has 29 heavy (non-hydrogen) atoms. The zero-order valence-electron chi connectivity index (χ0n) is 15.6. The lowest BCUT2D eigenvalue weighted by Gasteiger charge is -2.20. The van der Waals surface area contributed by atoms with Crippen molar-refractivity contribution in [3.8, 4) is 0 Å². The highest BCUT2D eigenvalue weighted by Crippen LogP contribution is 2.32. The molecule has 0 aliphatic carbocycles. The van der Waals surface area contributed by atoms with Gasteiger partial charge in [-0.3, -0.25) is 0 Å². The zero-order chi connectivity index (χ0) is 20.6. The summed E-state index contributed by atoms with van der Waals surface area (Å²) in [6, 6.07) is 9.90. The van der Waals surface area contributed by atoms with Crippen LogP contribution < -0.4 is 5.32 Å². The lowest BCUT2D eigenvalue weighted by atomic mass is 9.94. The molecule has 2 atom stereocenters. The Hall–Kier alpha value is -1.78. The number of thiophene rings is 1. The molecule has 154 valence electrons. The maximum atomic E-state index is 13.4. The molecule has 1 fully saturated rings. The Morgan fingerprint density at radius 1 is 1.24 bits per heavy atom. The van der Waals surface area contributed by atoms with Crippen molar-refractivity contribution >= 4 is 33.0 Å². The fourth-order valence-corrected chi connectivity index (χ4v) is 6.05. The third kappa shape index (κ3) is 4.39. The summed E-state index contributed by atoms with van der Waals surface area (Å²) >= 11 is 7.49. The molecule has 4 rings (SSSR count). The minimum Gasteiger partial charge on any atom is -0.339 e. The number of hydrogen-bond acceptors (Lipinski definition) is 5. The molecule has 1 aliphatic heterocycles. The van der Waals surface area contributed by atoms with E-state index in [4.69, 9.17) is 11.6 Å². The topological polar surface area (TPSA) is 67.2 Å².